The number of benzene rings is 1. The van der Waals surface area contributed by atoms with Gasteiger partial charge < -0.3 is 4.74 Å². The number of ether oxygens (including phenoxy) is 1. The van der Waals surface area contributed by atoms with Gasteiger partial charge >= 0.3 is 0 Å². The van der Waals surface area contributed by atoms with Crippen LogP contribution in [0, 0.1) is 0 Å². The average Bonchev–Trinajstić information content (AvgIpc) is 2.40. The van der Waals surface area contributed by atoms with Crippen molar-refractivity contribution >= 4 is 10.0 Å². The molecule has 0 aromatic heterocycles. The largest absolute Gasteiger partial charge is 0.494 e. The summed E-state index contributed by atoms with van der Waals surface area (Å²) in [6, 6.07) is 6.77. The first-order valence-electron chi connectivity index (χ1n) is 6.80. The van der Waals surface area contributed by atoms with Gasteiger partial charge in [-0.1, -0.05) is 6.42 Å². The van der Waals surface area contributed by atoms with E-state index in [1.54, 1.807) is 28.6 Å². The molecule has 1 heterocycles. The third-order valence-electron chi connectivity index (χ3n) is 3.48. The molecule has 0 radical (unpaired) electrons. The van der Waals surface area contributed by atoms with Crippen molar-refractivity contribution in [3.63, 3.8) is 0 Å². The highest BCUT2D eigenvalue weighted by Gasteiger charge is 2.30. The molecule has 2 rings (SSSR count). The predicted molar refractivity (Wildman–Crippen MR) is 74.8 cm³/mol. The molecule has 0 spiro atoms. The van der Waals surface area contributed by atoms with Gasteiger partial charge in [-0.3, -0.25) is 0 Å². The average molecular weight is 283 g/mol. The Morgan fingerprint density at radius 1 is 1.26 bits per heavy atom. The van der Waals surface area contributed by atoms with Crippen LogP contribution in [0.4, 0.5) is 0 Å². The van der Waals surface area contributed by atoms with E-state index < -0.39 is 10.0 Å². The molecule has 1 atom stereocenters. The second-order valence-corrected chi connectivity index (χ2v) is 6.76. The normalized spacial score (nSPS) is 21.3. The van der Waals surface area contributed by atoms with Gasteiger partial charge in [0, 0.05) is 12.6 Å². The minimum atomic E-state index is -3.37. The lowest BCUT2D eigenvalue weighted by Gasteiger charge is -2.32. The molecule has 0 aliphatic carbocycles. The van der Waals surface area contributed by atoms with Gasteiger partial charge in [0.25, 0.3) is 0 Å². The summed E-state index contributed by atoms with van der Waals surface area (Å²) in [5.41, 5.74) is 0. The van der Waals surface area contributed by atoms with Gasteiger partial charge in [-0.25, -0.2) is 8.42 Å². The van der Waals surface area contributed by atoms with Crippen molar-refractivity contribution < 1.29 is 13.2 Å². The molecule has 0 bridgehead atoms. The minimum absolute atomic E-state index is 0.0883. The van der Waals surface area contributed by atoms with Crippen LogP contribution in [0.2, 0.25) is 0 Å². The SMILES string of the molecule is CCOc1ccc(S(=O)(=O)N2CCCC[C@H]2C)cc1. The maximum absolute atomic E-state index is 12.6. The first kappa shape index (κ1) is 14.3. The summed E-state index contributed by atoms with van der Waals surface area (Å²) < 4.78 is 32.1. The Hall–Kier alpha value is -1.07. The highest BCUT2D eigenvalue weighted by Crippen LogP contribution is 2.26. The Morgan fingerprint density at radius 3 is 2.53 bits per heavy atom. The molecule has 0 unspecified atom stereocenters. The number of nitrogens with zero attached hydrogens (tertiary/aromatic N) is 1. The van der Waals surface area contributed by atoms with Gasteiger partial charge in [0.15, 0.2) is 0 Å². The van der Waals surface area contributed by atoms with E-state index in [0.29, 0.717) is 23.8 Å². The van der Waals surface area contributed by atoms with Gasteiger partial charge in [0.05, 0.1) is 11.5 Å². The van der Waals surface area contributed by atoms with Crippen LogP contribution >= 0.6 is 0 Å². The molecule has 1 aliphatic heterocycles. The first-order valence-corrected chi connectivity index (χ1v) is 8.24. The molecule has 0 N–H and O–H groups in total. The van der Waals surface area contributed by atoms with Gasteiger partial charge in [-0.05, 0) is 51.0 Å². The van der Waals surface area contributed by atoms with Crippen molar-refractivity contribution in [1.29, 1.82) is 0 Å². The number of piperidine rings is 1. The quantitative estimate of drug-likeness (QED) is 0.853. The zero-order valence-electron chi connectivity index (χ0n) is 11.5. The highest BCUT2D eigenvalue weighted by molar-refractivity contribution is 7.89. The zero-order valence-corrected chi connectivity index (χ0v) is 12.3. The summed E-state index contributed by atoms with van der Waals surface area (Å²) >= 11 is 0. The molecule has 1 saturated heterocycles. The first-order chi connectivity index (χ1) is 9.05. The fourth-order valence-corrected chi connectivity index (χ4v) is 4.14. The minimum Gasteiger partial charge on any atom is -0.494 e. The van der Waals surface area contributed by atoms with Crippen LogP contribution < -0.4 is 4.74 Å². The fourth-order valence-electron chi connectivity index (χ4n) is 2.44. The van der Waals surface area contributed by atoms with Crippen molar-refractivity contribution in [2.75, 3.05) is 13.2 Å². The third kappa shape index (κ3) is 3.09. The maximum Gasteiger partial charge on any atom is 0.243 e. The Kier molecular flexibility index (Phi) is 4.47. The standard InChI is InChI=1S/C14H21NO3S/c1-3-18-13-7-9-14(10-8-13)19(16,17)15-11-5-4-6-12(15)2/h7-10,12H,3-6,11H2,1-2H3/t12-/m1/s1. The lowest BCUT2D eigenvalue weighted by Crippen LogP contribution is -2.41. The molecule has 0 saturated carbocycles. The van der Waals surface area contributed by atoms with Crippen LogP contribution in [0.3, 0.4) is 0 Å². The van der Waals surface area contributed by atoms with Gasteiger partial charge in [0.1, 0.15) is 5.75 Å². The zero-order chi connectivity index (χ0) is 13.9. The van der Waals surface area contributed by atoms with Crippen molar-refractivity contribution in [2.45, 2.75) is 44.0 Å². The van der Waals surface area contributed by atoms with E-state index in [4.69, 9.17) is 4.74 Å². The second kappa shape index (κ2) is 5.92. The van der Waals surface area contributed by atoms with Crippen molar-refractivity contribution in [2.24, 2.45) is 0 Å². The van der Waals surface area contributed by atoms with E-state index in [-0.39, 0.29) is 6.04 Å². The monoisotopic (exact) mass is 283 g/mol. The fraction of sp³-hybridized carbons (Fsp3) is 0.571. The van der Waals surface area contributed by atoms with Crippen LogP contribution in [0.1, 0.15) is 33.1 Å². The summed E-state index contributed by atoms with van der Waals surface area (Å²) in [7, 11) is -3.37. The Balaban J connectivity index is 2.23. The number of sulfonamides is 1. The van der Waals surface area contributed by atoms with Crippen LogP contribution in [-0.2, 0) is 10.0 Å². The number of hydrogen-bond donors (Lipinski definition) is 0. The summed E-state index contributed by atoms with van der Waals surface area (Å²) in [5, 5.41) is 0. The molecule has 4 nitrogen and oxygen atoms in total. The van der Waals surface area contributed by atoms with E-state index in [1.807, 2.05) is 13.8 Å². The Morgan fingerprint density at radius 2 is 1.95 bits per heavy atom. The summed E-state index contributed by atoms with van der Waals surface area (Å²) in [4.78, 5) is 0.352. The maximum atomic E-state index is 12.6. The van der Waals surface area contributed by atoms with E-state index in [9.17, 15) is 8.42 Å². The molecule has 5 heteroatoms. The molecule has 1 aliphatic rings. The summed E-state index contributed by atoms with van der Waals surface area (Å²) in [5.74, 6) is 0.702. The second-order valence-electron chi connectivity index (χ2n) is 4.86. The van der Waals surface area contributed by atoms with Crippen LogP contribution in [-0.4, -0.2) is 31.9 Å². The lowest BCUT2D eigenvalue weighted by molar-refractivity contribution is 0.268. The molecule has 106 valence electrons. The van der Waals surface area contributed by atoms with Crippen LogP contribution in [0.25, 0.3) is 0 Å². The van der Waals surface area contributed by atoms with E-state index in [1.165, 1.54) is 0 Å². The summed E-state index contributed by atoms with van der Waals surface area (Å²) in [6.07, 6.45) is 2.99. The molecule has 19 heavy (non-hydrogen) atoms. The molecular weight excluding hydrogens is 262 g/mol. The molecule has 1 fully saturated rings. The molecule has 1 aromatic carbocycles. The predicted octanol–water partition coefficient (Wildman–Crippen LogP) is 2.65. The summed E-state index contributed by atoms with van der Waals surface area (Å²) in [6.45, 7) is 5.08. The van der Waals surface area contributed by atoms with Gasteiger partial charge in [-0.2, -0.15) is 4.31 Å². The molecule has 0 amide bonds. The highest BCUT2D eigenvalue weighted by atomic mass is 32.2. The van der Waals surface area contributed by atoms with Gasteiger partial charge in [-0.15, -0.1) is 0 Å². The van der Waals surface area contributed by atoms with Crippen molar-refractivity contribution in [3.05, 3.63) is 24.3 Å². The van der Waals surface area contributed by atoms with Crippen molar-refractivity contribution in [1.82, 2.24) is 4.31 Å². The Labute approximate surface area is 115 Å². The number of rotatable bonds is 4. The number of hydrogen-bond acceptors (Lipinski definition) is 3. The van der Waals surface area contributed by atoms with Crippen molar-refractivity contribution in [3.8, 4) is 5.75 Å². The topological polar surface area (TPSA) is 46.6 Å². The smallest absolute Gasteiger partial charge is 0.243 e. The van der Waals surface area contributed by atoms with Crippen LogP contribution in [0.15, 0.2) is 29.2 Å². The molecule has 1 aromatic rings. The van der Waals surface area contributed by atoms with E-state index >= 15 is 0 Å². The lowest BCUT2D eigenvalue weighted by atomic mass is 10.1. The van der Waals surface area contributed by atoms with E-state index in [2.05, 4.69) is 0 Å². The van der Waals surface area contributed by atoms with Gasteiger partial charge in [0.2, 0.25) is 10.0 Å². The van der Waals surface area contributed by atoms with E-state index in [0.717, 1.165) is 19.3 Å². The third-order valence-corrected chi connectivity index (χ3v) is 5.51. The Bertz CT molecular complexity index is 510. The van der Waals surface area contributed by atoms with Crippen LogP contribution in [0.5, 0.6) is 5.75 Å². The molecular formula is C14H21NO3S.